The Labute approximate surface area is 132 Å². The van der Waals surface area contributed by atoms with Crippen molar-refractivity contribution in [2.75, 3.05) is 0 Å². The normalized spacial score (nSPS) is 41.6. The van der Waals surface area contributed by atoms with Crippen molar-refractivity contribution in [3.05, 3.63) is 0 Å². The molecule has 2 N–H and O–H groups in total. The summed E-state index contributed by atoms with van der Waals surface area (Å²) in [5.74, 6) is 2.75. The zero-order chi connectivity index (χ0) is 15.2. The molecule has 4 bridgehead atoms. The van der Waals surface area contributed by atoms with E-state index in [0.29, 0.717) is 0 Å². The fourth-order valence-corrected chi connectivity index (χ4v) is 6.18. The number of carbonyl (C=O) groups excluding carboxylic acids is 1. The molecule has 4 rings (SSSR count). The molecule has 3 atom stereocenters. The molecule has 0 saturated heterocycles. The zero-order valence-electron chi connectivity index (χ0n) is 13.5. The van der Waals surface area contributed by atoms with Crippen LogP contribution in [0, 0.1) is 17.8 Å². The van der Waals surface area contributed by atoms with E-state index in [1.54, 1.807) is 18.7 Å². The topological polar surface area (TPSA) is 49.3 Å². The predicted molar refractivity (Wildman–Crippen MR) is 87.2 cm³/mol. The highest BCUT2D eigenvalue weighted by molar-refractivity contribution is 8.01. The summed E-state index contributed by atoms with van der Waals surface area (Å²) in [5, 5.41) is 13.0. The van der Waals surface area contributed by atoms with E-state index < -0.39 is 0 Å². The molecule has 0 radical (unpaired) electrons. The minimum Gasteiger partial charge on any atom is -0.392 e. The van der Waals surface area contributed by atoms with Crippen molar-refractivity contribution >= 4 is 17.7 Å². The molecule has 0 aliphatic heterocycles. The van der Waals surface area contributed by atoms with Gasteiger partial charge in [-0.3, -0.25) is 4.79 Å². The number of amides is 1. The van der Waals surface area contributed by atoms with Gasteiger partial charge in [-0.05, 0) is 70.1 Å². The third kappa shape index (κ3) is 3.26. The highest BCUT2D eigenvalue weighted by Gasteiger charge is 2.51. The van der Waals surface area contributed by atoms with E-state index in [4.69, 9.17) is 0 Å². The summed E-state index contributed by atoms with van der Waals surface area (Å²) in [6.07, 6.45) is 7.44. The van der Waals surface area contributed by atoms with Crippen LogP contribution in [0.25, 0.3) is 0 Å². The van der Waals surface area contributed by atoms with Crippen LogP contribution in [0.15, 0.2) is 0 Å². The van der Waals surface area contributed by atoms with Crippen molar-refractivity contribution in [2.45, 2.75) is 81.4 Å². The van der Waals surface area contributed by atoms with Crippen LogP contribution in [-0.4, -0.2) is 33.2 Å². The maximum absolute atomic E-state index is 12.6. The molecule has 4 aliphatic carbocycles. The first-order valence-corrected chi connectivity index (χ1v) is 9.47. The van der Waals surface area contributed by atoms with Gasteiger partial charge < -0.3 is 10.4 Å². The lowest BCUT2D eigenvalue weighted by Gasteiger charge is -2.57. The Morgan fingerprint density at radius 1 is 1.10 bits per heavy atom. The number of thioether (sulfide) groups is 1. The Kier molecular flexibility index (Phi) is 4.30. The maximum atomic E-state index is 12.6. The van der Waals surface area contributed by atoms with Crippen LogP contribution in [0.2, 0.25) is 0 Å². The van der Waals surface area contributed by atoms with Crippen molar-refractivity contribution in [1.29, 1.82) is 0 Å². The number of aliphatic hydroxyl groups excluding tert-OH is 1. The van der Waals surface area contributed by atoms with Crippen LogP contribution in [0.1, 0.15) is 59.3 Å². The first-order chi connectivity index (χ1) is 9.87. The Balaban J connectivity index is 1.59. The molecule has 1 amide bonds. The number of hydrogen-bond acceptors (Lipinski definition) is 3. The number of hydrogen-bond donors (Lipinski definition) is 2. The van der Waals surface area contributed by atoms with Gasteiger partial charge in [-0.1, -0.05) is 6.92 Å². The third-order valence-corrected chi connectivity index (χ3v) is 7.34. The first kappa shape index (κ1) is 15.7. The highest BCUT2D eigenvalue weighted by atomic mass is 32.2. The van der Waals surface area contributed by atoms with Crippen molar-refractivity contribution in [3.8, 4) is 0 Å². The summed E-state index contributed by atoms with van der Waals surface area (Å²) in [6.45, 7) is 5.75. The summed E-state index contributed by atoms with van der Waals surface area (Å²) in [4.78, 5) is 12.6. The van der Waals surface area contributed by atoms with E-state index >= 15 is 0 Å². The highest BCUT2D eigenvalue weighted by Crippen LogP contribution is 2.55. The average Bonchev–Trinajstić information content (AvgIpc) is 2.35. The van der Waals surface area contributed by atoms with E-state index in [1.807, 2.05) is 13.8 Å². The van der Waals surface area contributed by atoms with Crippen LogP contribution in [0.4, 0.5) is 0 Å². The van der Waals surface area contributed by atoms with Gasteiger partial charge in [0.15, 0.2) is 0 Å². The fraction of sp³-hybridized carbons (Fsp3) is 0.941. The lowest BCUT2D eigenvalue weighted by Crippen LogP contribution is -2.60. The summed E-state index contributed by atoms with van der Waals surface area (Å²) in [6, 6.07) is 0. The number of carbonyl (C=O) groups is 1. The minimum atomic E-state index is -0.371. The van der Waals surface area contributed by atoms with Crippen LogP contribution in [0.3, 0.4) is 0 Å². The molecule has 4 aliphatic rings. The summed E-state index contributed by atoms with van der Waals surface area (Å²) in [7, 11) is 0. The number of rotatable bonds is 5. The summed E-state index contributed by atoms with van der Waals surface area (Å²) in [5.41, 5.74) is 0.106. The monoisotopic (exact) mass is 311 g/mol. The molecule has 120 valence electrons. The second-order valence-electron chi connectivity index (χ2n) is 7.91. The number of nitrogens with one attached hydrogen (secondary N) is 1. The van der Waals surface area contributed by atoms with Gasteiger partial charge in [0.1, 0.15) is 0 Å². The molecule has 0 heterocycles. The van der Waals surface area contributed by atoms with Crippen LogP contribution in [-0.2, 0) is 4.79 Å². The Hall–Kier alpha value is -0.220. The lowest BCUT2D eigenvalue weighted by molar-refractivity contribution is -0.126. The first-order valence-electron chi connectivity index (χ1n) is 8.52. The third-order valence-electron chi connectivity index (χ3n) is 5.89. The maximum Gasteiger partial charge on any atom is 0.233 e. The van der Waals surface area contributed by atoms with Gasteiger partial charge in [0, 0.05) is 10.8 Å². The van der Waals surface area contributed by atoms with Gasteiger partial charge in [-0.15, -0.1) is 11.8 Å². The van der Waals surface area contributed by atoms with Crippen LogP contribution < -0.4 is 5.32 Å². The smallest absolute Gasteiger partial charge is 0.233 e. The van der Waals surface area contributed by atoms with Crippen LogP contribution >= 0.6 is 11.8 Å². The van der Waals surface area contributed by atoms with E-state index in [0.717, 1.165) is 17.8 Å². The average molecular weight is 311 g/mol. The van der Waals surface area contributed by atoms with Gasteiger partial charge in [-0.25, -0.2) is 0 Å². The van der Waals surface area contributed by atoms with Crippen LogP contribution in [0.5, 0.6) is 0 Å². The van der Waals surface area contributed by atoms with Crippen molar-refractivity contribution in [3.63, 3.8) is 0 Å². The minimum absolute atomic E-state index is 0.0809. The zero-order valence-corrected chi connectivity index (χ0v) is 14.3. The Morgan fingerprint density at radius 3 is 2.00 bits per heavy atom. The van der Waals surface area contributed by atoms with E-state index in [-0.39, 0.29) is 28.0 Å². The van der Waals surface area contributed by atoms with Gasteiger partial charge >= 0.3 is 0 Å². The van der Waals surface area contributed by atoms with E-state index in [2.05, 4.69) is 5.32 Å². The molecule has 0 spiro atoms. The molecule has 4 fully saturated rings. The van der Waals surface area contributed by atoms with Crippen molar-refractivity contribution in [1.82, 2.24) is 5.32 Å². The lowest BCUT2D eigenvalue weighted by atomic mass is 9.53. The molecule has 3 unspecified atom stereocenters. The number of aliphatic hydroxyl groups is 1. The Morgan fingerprint density at radius 2 is 1.57 bits per heavy atom. The van der Waals surface area contributed by atoms with Gasteiger partial charge in [-0.2, -0.15) is 0 Å². The quantitative estimate of drug-likeness (QED) is 0.820. The van der Waals surface area contributed by atoms with Gasteiger partial charge in [0.2, 0.25) is 5.91 Å². The van der Waals surface area contributed by atoms with E-state index in [1.165, 1.54) is 38.5 Å². The molecule has 4 heteroatoms. The SMILES string of the molecule is CC(SC(C)C(C)O)C(=O)NC12CC3CC(CC(C3)C1)C2. The molecule has 0 aromatic heterocycles. The molecule has 4 saturated carbocycles. The second kappa shape index (κ2) is 5.77. The molecule has 3 nitrogen and oxygen atoms in total. The standard InChI is InChI=1S/C17H29NO2S/c1-10(19)11(2)21-12(3)16(20)18-17-7-13-4-14(8-17)6-15(5-13)9-17/h10-15,19H,4-9H2,1-3H3,(H,18,20). The van der Waals surface area contributed by atoms with Crippen molar-refractivity contribution in [2.24, 2.45) is 17.8 Å². The van der Waals surface area contributed by atoms with Gasteiger partial charge in [0.05, 0.1) is 11.4 Å². The largest absolute Gasteiger partial charge is 0.392 e. The summed E-state index contributed by atoms with van der Waals surface area (Å²) >= 11 is 1.58. The van der Waals surface area contributed by atoms with Crippen molar-refractivity contribution < 1.29 is 9.90 Å². The molecular formula is C17H29NO2S. The molecule has 21 heavy (non-hydrogen) atoms. The molecular weight excluding hydrogens is 282 g/mol. The van der Waals surface area contributed by atoms with E-state index in [9.17, 15) is 9.90 Å². The Bertz CT molecular complexity index is 374. The predicted octanol–water partition coefficient (Wildman–Crippen LogP) is 2.96. The second-order valence-corrected chi connectivity index (χ2v) is 9.63. The van der Waals surface area contributed by atoms with Gasteiger partial charge in [0.25, 0.3) is 0 Å². The molecule has 0 aromatic carbocycles. The molecule has 0 aromatic rings. The fourth-order valence-electron chi connectivity index (χ4n) is 5.12. The summed E-state index contributed by atoms with van der Waals surface area (Å²) < 4.78 is 0.